The number of anilines is 2. The van der Waals surface area contributed by atoms with E-state index in [4.69, 9.17) is 5.11 Å². The third-order valence-corrected chi connectivity index (χ3v) is 2.74. The number of hydrogen-bond acceptors (Lipinski definition) is 3. The number of nitrogens with zero attached hydrogens (tertiary/aromatic N) is 1. The summed E-state index contributed by atoms with van der Waals surface area (Å²) in [6, 6.07) is 10.7. The monoisotopic (exact) mass is 306 g/mol. The number of nitrogens with one attached hydrogen (secondary N) is 1. The van der Waals surface area contributed by atoms with Crippen LogP contribution in [0.5, 0.6) is 0 Å². The van der Waals surface area contributed by atoms with Crippen molar-refractivity contribution in [1.29, 1.82) is 0 Å². The predicted octanol–water partition coefficient (Wildman–Crippen LogP) is 3.59. The van der Waals surface area contributed by atoms with Gasteiger partial charge in [0.2, 0.25) is 0 Å². The van der Waals surface area contributed by atoms with Crippen LogP contribution in [-0.4, -0.2) is 16.1 Å². The van der Waals surface area contributed by atoms with Gasteiger partial charge < -0.3 is 10.4 Å². The summed E-state index contributed by atoms with van der Waals surface area (Å²) >= 11 is 3.41. The van der Waals surface area contributed by atoms with Gasteiger partial charge in [0.1, 0.15) is 5.82 Å². The zero-order valence-corrected chi connectivity index (χ0v) is 11.2. The summed E-state index contributed by atoms with van der Waals surface area (Å²) in [6.45, 7) is 1.98. The number of aromatic nitrogens is 1. The lowest BCUT2D eigenvalue weighted by Crippen LogP contribution is -2.02. The second-order valence-corrected chi connectivity index (χ2v) is 4.77. The van der Waals surface area contributed by atoms with Crippen LogP contribution in [0.2, 0.25) is 0 Å². The summed E-state index contributed by atoms with van der Waals surface area (Å²) in [5.74, 6) is -0.531. The molecule has 4 nitrogen and oxygen atoms in total. The maximum atomic E-state index is 10.8. The van der Waals surface area contributed by atoms with Gasteiger partial charge in [-0.15, -0.1) is 0 Å². The molecule has 92 valence electrons. The van der Waals surface area contributed by atoms with Crippen molar-refractivity contribution in [1.82, 2.24) is 4.98 Å². The third-order valence-electron chi connectivity index (χ3n) is 2.28. The highest BCUT2D eigenvalue weighted by molar-refractivity contribution is 9.10. The molecule has 0 unspecified atom stereocenters. The Morgan fingerprint density at radius 1 is 1.33 bits per heavy atom. The zero-order valence-electron chi connectivity index (χ0n) is 9.64. The fourth-order valence-corrected chi connectivity index (χ4v) is 2.19. The first-order valence-electron chi connectivity index (χ1n) is 5.29. The number of benzene rings is 1. The number of aromatic carboxylic acids is 1. The average molecular weight is 307 g/mol. The highest BCUT2D eigenvalue weighted by Crippen LogP contribution is 2.21. The molecule has 0 atom stereocenters. The molecule has 5 heteroatoms. The zero-order chi connectivity index (χ0) is 13.1. The largest absolute Gasteiger partial charge is 0.477 e. The first-order valence-corrected chi connectivity index (χ1v) is 6.08. The lowest BCUT2D eigenvalue weighted by molar-refractivity contribution is 0.0690. The summed E-state index contributed by atoms with van der Waals surface area (Å²) in [5.41, 5.74) is 1.98. The van der Waals surface area contributed by atoms with E-state index in [1.54, 1.807) is 12.1 Å². The van der Waals surface area contributed by atoms with Crippen molar-refractivity contribution in [2.24, 2.45) is 0 Å². The van der Waals surface area contributed by atoms with E-state index in [1.165, 1.54) is 6.07 Å². The van der Waals surface area contributed by atoms with Crippen molar-refractivity contribution >= 4 is 33.4 Å². The number of halogens is 1. The summed E-state index contributed by atoms with van der Waals surface area (Å²) < 4.78 is 0.958. The normalized spacial score (nSPS) is 10.1. The molecule has 18 heavy (non-hydrogen) atoms. The van der Waals surface area contributed by atoms with Crippen LogP contribution in [0.3, 0.4) is 0 Å². The van der Waals surface area contributed by atoms with Gasteiger partial charge in [-0.2, -0.15) is 0 Å². The maximum Gasteiger partial charge on any atom is 0.354 e. The molecule has 1 heterocycles. The van der Waals surface area contributed by atoms with Crippen molar-refractivity contribution in [2.75, 3.05) is 5.32 Å². The van der Waals surface area contributed by atoms with Gasteiger partial charge in [0.05, 0.1) is 0 Å². The Morgan fingerprint density at radius 3 is 2.78 bits per heavy atom. The molecule has 2 aromatic rings. The van der Waals surface area contributed by atoms with Gasteiger partial charge in [0.25, 0.3) is 0 Å². The van der Waals surface area contributed by atoms with E-state index in [0.29, 0.717) is 5.82 Å². The fourth-order valence-electron chi connectivity index (χ4n) is 1.58. The lowest BCUT2D eigenvalue weighted by Gasteiger charge is -2.07. The van der Waals surface area contributed by atoms with Crippen LogP contribution in [0.4, 0.5) is 11.5 Å². The fraction of sp³-hybridized carbons (Fsp3) is 0.0769. The molecule has 1 aromatic heterocycles. The van der Waals surface area contributed by atoms with Crippen molar-refractivity contribution in [3.8, 4) is 0 Å². The van der Waals surface area contributed by atoms with Crippen LogP contribution in [0.1, 0.15) is 16.1 Å². The van der Waals surface area contributed by atoms with Crippen LogP contribution in [0.15, 0.2) is 40.9 Å². The predicted molar refractivity (Wildman–Crippen MR) is 73.4 cm³/mol. The second-order valence-electron chi connectivity index (χ2n) is 3.86. The Hall–Kier alpha value is -1.88. The Bertz CT molecular complexity index is 579. The highest BCUT2D eigenvalue weighted by Gasteiger charge is 2.05. The highest BCUT2D eigenvalue weighted by atomic mass is 79.9. The molecule has 0 saturated heterocycles. The topological polar surface area (TPSA) is 62.2 Å². The van der Waals surface area contributed by atoms with E-state index in [9.17, 15) is 4.79 Å². The van der Waals surface area contributed by atoms with Gasteiger partial charge in [-0.25, -0.2) is 9.78 Å². The first kappa shape index (κ1) is 12.6. The van der Waals surface area contributed by atoms with Gasteiger partial charge in [-0.1, -0.05) is 22.0 Å². The van der Waals surface area contributed by atoms with Crippen molar-refractivity contribution in [3.63, 3.8) is 0 Å². The minimum Gasteiger partial charge on any atom is -0.477 e. The molecule has 0 aliphatic carbocycles. The minimum absolute atomic E-state index is 0.0201. The molecule has 0 saturated carbocycles. The Labute approximate surface area is 113 Å². The molecule has 0 amide bonds. The quantitative estimate of drug-likeness (QED) is 0.909. The first-order chi connectivity index (χ1) is 8.54. The van der Waals surface area contributed by atoms with E-state index < -0.39 is 5.97 Å². The van der Waals surface area contributed by atoms with E-state index in [1.807, 2.05) is 25.1 Å². The number of pyridine rings is 1. The van der Waals surface area contributed by atoms with Crippen LogP contribution in [0, 0.1) is 6.92 Å². The van der Waals surface area contributed by atoms with Crippen molar-refractivity contribution in [2.45, 2.75) is 6.92 Å². The van der Waals surface area contributed by atoms with Crippen LogP contribution >= 0.6 is 15.9 Å². The Kier molecular flexibility index (Phi) is 3.62. The van der Waals surface area contributed by atoms with Crippen molar-refractivity contribution in [3.05, 3.63) is 52.1 Å². The van der Waals surface area contributed by atoms with Gasteiger partial charge in [0.15, 0.2) is 5.69 Å². The molecule has 0 bridgehead atoms. The molecule has 2 rings (SSSR count). The minimum atomic E-state index is -1.04. The van der Waals surface area contributed by atoms with E-state index in [2.05, 4.69) is 26.2 Å². The summed E-state index contributed by atoms with van der Waals surface area (Å²) in [6.07, 6.45) is 0. The Morgan fingerprint density at radius 2 is 2.11 bits per heavy atom. The van der Waals surface area contributed by atoms with Crippen molar-refractivity contribution < 1.29 is 9.90 Å². The van der Waals surface area contributed by atoms with Crippen LogP contribution < -0.4 is 5.32 Å². The maximum absolute atomic E-state index is 10.8. The molecular formula is C13H11BrN2O2. The average Bonchev–Trinajstić information content (AvgIpc) is 2.27. The molecule has 0 aliphatic rings. The van der Waals surface area contributed by atoms with Gasteiger partial charge in [0, 0.05) is 10.2 Å². The van der Waals surface area contributed by atoms with Crippen LogP contribution in [-0.2, 0) is 0 Å². The number of rotatable bonds is 3. The number of hydrogen-bond donors (Lipinski definition) is 2. The summed E-state index contributed by atoms with van der Waals surface area (Å²) in [4.78, 5) is 14.8. The van der Waals surface area contributed by atoms with Gasteiger partial charge in [-0.3, -0.25) is 0 Å². The van der Waals surface area contributed by atoms with Gasteiger partial charge >= 0.3 is 5.97 Å². The number of carboxylic acids is 1. The Balaban J connectivity index is 2.28. The SMILES string of the molecule is Cc1cc(Br)cc(Nc2cccc(C(=O)O)n2)c1. The second kappa shape index (κ2) is 5.18. The van der Waals surface area contributed by atoms with E-state index in [0.717, 1.165) is 15.7 Å². The lowest BCUT2D eigenvalue weighted by atomic mass is 10.2. The van der Waals surface area contributed by atoms with Gasteiger partial charge in [-0.05, 0) is 42.8 Å². The standard InChI is InChI=1S/C13H11BrN2O2/c1-8-5-9(14)7-10(6-8)15-12-4-2-3-11(16-12)13(17)18/h2-7H,1H3,(H,15,16)(H,17,18). The van der Waals surface area contributed by atoms with Crippen LogP contribution in [0.25, 0.3) is 0 Å². The summed E-state index contributed by atoms with van der Waals surface area (Å²) in [5, 5.41) is 11.9. The number of carbonyl (C=O) groups is 1. The molecule has 0 aliphatic heterocycles. The van der Waals surface area contributed by atoms with E-state index >= 15 is 0 Å². The molecule has 0 fully saturated rings. The molecule has 2 N–H and O–H groups in total. The number of carboxylic acid groups (broad SMARTS) is 1. The smallest absolute Gasteiger partial charge is 0.354 e. The third kappa shape index (κ3) is 3.07. The molecule has 1 aromatic carbocycles. The molecular weight excluding hydrogens is 296 g/mol. The summed E-state index contributed by atoms with van der Waals surface area (Å²) in [7, 11) is 0. The van der Waals surface area contributed by atoms with E-state index in [-0.39, 0.29) is 5.69 Å². The number of aryl methyl sites for hydroxylation is 1. The molecule has 0 spiro atoms. The molecule has 0 radical (unpaired) electrons.